The third-order valence-corrected chi connectivity index (χ3v) is 4.96. The van der Waals surface area contributed by atoms with E-state index in [0.717, 1.165) is 41.5 Å². The molecule has 0 unspecified atom stereocenters. The normalized spacial score (nSPS) is 17.0. The van der Waals surface area contributed by atoms with E-state index in [1.807, 2.05) is 30.0 Å². The predicted molar refractivity (Wildman–Crippen MR) is 81.5 cm³/mol. The van der Waals surface area contributed by atoms with E-state index < -0.39 is 0 Å². The number of halogens is 1. The van der Waals surface area contributed by atoms with Crippen molar-refractivity contribution in [3.8, 4) is 0 Å². The first-order valence-corrected chi connectivity index (χ1v) is 7.51. The van der Waals surface area contributed by atoms with E-state index in [1.54, 1.807) is 0 Å². The molecule has 1 aromatic rings. The lowest BCUT2D eigenvalue weighted by Gasteiger charge is -2.35. The van der Waals surface area contributed by atoms with Crippen LogP contribution in [-0.2, 0) is 0 Å². The molecule has 0 bridgehead atoms. The lowest BCUT2D eigenvalue weighted by atomic mass is 10.0. The molecular formula is C15H21BrN2O. The van der Waals surface area contributed by atoms with Gasteiger partial charge in [0.25, 0.3) is 5.91 Å². The first-order chi connectivity index (χ1) is 9.00. The summed E-state index contributed by atoms with van der Waals surface area (Å²) in [6.45, 7) is 3.71. The molecule has 0 saturated carbocycles. The lowest BCUT2D eigenvalue weighted by Crippen LogP contribution is -2.44. The van der Waals surface area contributed by atoms with Crippen LogP contribution in [0.5, 0.6) is 0 Å². The quantitative estimate of drug-likeness (QED) is 0.835. The summed E-state index contributed by atoms with van der Waals surface area (Å²) in [5.74, 6) is 0.146. The maximum absolute atomic E-state index is 12.5. The first-order valence-electron chi connectivity index (χ1n) is 6.71. The van der Waals surface area contributed by atoms with Crippen LogP contribution in [0.25, 0.3) is 0 Å². The SMILES string of the molecule is Cc1cccc(C(=O)N2CCC(N(C)C)CC2)c1Br. The van der Waals surface area contributed by atoms with Gasteiger partial charge in [-0.05, 0) is 61.4 Å². The molecule has 0 radical (unpaired) electrons. The number of carbonyl (C=O) groups is 1. The monoisotopic (exact) mass is 324 g/mol. The molecule has 104 valence electrons. The molecule has 0 N–H and O–H groups in total. The molecule has 4 heteroatoms. The van der Waals surface area contributed by atoms with Gasteiger partial charge in [-0.15, -0.1) is 0 Å². The molecule has 19 heavy (non-hydrogen) atoms. The van der Waals surface area contributed by atoms with Gasteiger partial charge in [0.1, 0.15) is 0 Å². The fourth-order valence-electron chi connectivity index (χ4n) is 2.57. The minimum Gasteiger partial charge on any atom is -0.338 e. The van der Waals surface area contributed by atoms with Crippen LogP contribution in [0.2, 0.25) is 0 Å². The molecule has 0 aliphatic carbocycles. The Bertz CT molecular complexity index is 465. The van der Waals surface area contributed by atoms with Crippen molar-refractivity contribution in [2.45, 2.75) is 25.8 Å². The van der Waals surface area contributed by atoms with Gasteiger partial charge in [0, 0.05) is 23.6 Å². The summed E-state index contributed by atoms with van der Waals surface area (Å²) < 4.78 is 0.926. The number of hydrogen-bond donors (Lipinski definition) is 0. The van der Waals surface area contributed by atoms with Crippen LogP contribution in [0, 0.1) is 6.92 Å². The standard InChI is InChI=1S/C15H21BrN2O/c1-11-5-4-6-13(14(11)16)15(19)18-9-7-12(8-10-18)17(2)3/h4-6,12H,7-10H2,1-3H3. The van der Waals surface area contributed by atoms with E-state index in [0.29, 0.717) is 6.04 Å². The molecule has 1 saturated heterocycles. The van der Waals surface area contributed by atoms with Gasteiger partial charge in [-0.3, -0.25) is 4.79 Å². The van der Waals surface area contributed by atoms with E-state index in [9.17, 15) is 4.79 Å². The van der Waals surface area contributed by atoms with Gasteiger partial charge in [0.15, 0.2) is 0 Å². The Labute approximate surface area is 123 Å². The Hall–Kier alpha value is -0.870. The van der Waals surface area contributed by atoms with E-state index >= 15 is 0 Å². The van der Waals surface area contributed by atoms with Crippen molar-refractivity contribution in [3.05, 3.63) is 33.8 Å². The summed E-state index contributed by atoms with van der Waals surface area (Å²) in [6.07, 6.45) is 2.12. The fraction of sp³-hybridized carbons (Fsp3) is 0.533. The number of carbonyl (C=O) groups excluding carboxylic acids is 1. The Morgan fingerprint density at radius 3 is 2.53 bits per heavy atom. The highest BCUT2D eigenvalue weighted by Gasteiger charge is 2.25. The highest BCUT2D eigenvalue weighted by Crippen LogP contribution is 2.24. The van der Waals surface area contributed by atoms with Gasteiger partial charge in [-0.25, -0.2) is 0 Å². The molecular weight excluding hydrogens is 304 g/mol. The average molecular weight is 325 g/mol. The zero-order valence-electron chi connectivity index (χ0n) is 11.8. The highest BCUT2D eigenvalue weighted by atomic mass is 79.9. The van der Waals surface area contributed by atoms with Crippen molar-refractivity contribution in [1.29, 1.82) is 0 Å². The number of amides is 1. The molecule has 1 aromatic carbocycles. The Kier molecular flexibility index (Phi) is 4.63. The van der Waals surface area contributed by atoms with E-state index in [4.69, 9.17) is 0 Å². The van der Waals surface area contributed by atoms with Crippen molar-refractivity contribution < 1.29 is 4.79 Å². The molecule has 1 aliphatic rings. The highest BCUT2D eigenvalue weighted by molar-refractivity contribution is 9.10. The van der Waals surface area contributed by atoms with Crippen LogP contribution in [0.15, 0.2) is 22.7 Å². The van der Waals surface area contributed by atoms with E-state index in [-0.39, 0.29) is 5.91 Å². The summed E-state index contributed by atoms with van der Waals surface area (Å²) >= 11 is 3.53. The topological polar surface area (TPSA) is 23.6 Å². The number of rotatable bonds is 2. The summed E-state index contributed by atoms with van der Waals surface area (Å²) in [7, 11) is 4.22. The summed E-state index contributed by atoms with van der Waals surface area (Å²) in [5.41, 5.74) is 1.89. The lowest BCUT2D eigenvalue weighted by molar-refractivity contribution is 0.0662. The third kappa shape index (κ3) is 3.18. The maximum atomic E-state index is 12.5. The van der Waals surface area contributed by atoms with Gasteiger partial charge >= 0.3 is 0 Å². The summed E-state index contributed by atoms with van der Waals surface area (Å²) in [6, 6.07) is 6.46. The van der Waals surface area contributed by atoms with Crippen LogP contribution in [0.3, 0.4) is 0 Å². The predicted octanol–water partition coefficient (Wildman–Crippen LogP) is 2.92. The number of piperidine rings is 1. The van der Waals surface area contributed by atoms with Crippen LogP contribution in [-0.4, -0.2) is 48.9 Å². The van der Waals surface area contributed by atoms with E-state index in [1.165, 1.54) is 0 Å². The van der Waals surface area contributed by atoms with Crippen molar-refractivity contribution in [3.63, 3.8) is 0 Å². The summed E-state index contributed by atoms with van der Waals surface area (Å²) in [4.78, 5) is 16.8. The number of aryl methyl sites for hydroxylation is 1. The molecule has 1 heterocycles. The largest absolute Gasteiger partial charge is 0.338 e. The average Bonchev–Trinajstić information content (AvgIpc) is 2.41. The molecule has 2 rings (SSSR count). The molecule has 0 atom stereocenters. The van der Waals surface area contributed by atoms with Gasteiger partial charge in [0.05, 0.1) is 5.56 Å². The minimum absolute atomic E-state index is 0.146. The molecule has 3 nitrogen and oxygen atoms in total. The smallest absolute Gasteiger partial charge is 0.255 e. The zero-order valence-corrected chi connectivity index (χ0v) is 13.4. The molecule has 1 fully saturated rings. The summed E-state index contributed by atoms with van der Waals surface area (Å²) in [5, 5.41) is 0. The Balaban J connectivity index is 2.07. The molecule has 0 aromatic heterocycles. The minimum atomic E-state index is 0.146. The van der Waals surface area contributed by atoms with Gasteiger partial charge in [-0.1, -0.05) is 12.1 Å². The van der Waals surface area contributed by atoms with Gasteiger partial charge in [0.2, 0.25) is 0 Å². The maximum Gasteiger partial charge on any atom is 0.255 e. The van der Waals surface area contributed by atoms with Crippen LogP contribution in [0.1, 0.15) is 28.8 Å². The zero-order chi connectivity index (χ0) is 14.0. The van der Waals surface area contributed by atoms with Crippen molar-refractivity contribution >= 4 is 21.8 Å². The number of hydrogen-bond acceptors (Lipinski definition) is 2. The number of likely N-dealkylation sites (tertiary alicyclic amines) is 1. The number of benzene rings is 1. The first kappa shape index (κ1) is 14.5. The van der Waals surface area contributed by atoms with Gasteiger partial charge < -0.3 is 9.80 Å². The van der Waals surface area contributed by atoms with E-state index in [2.05, 4.69) is 34.9 Å². The van der Waals surface area contributed by atoms with Crippen molar-refractivity contribution in [2.24, 2.45) is 0 Å². The molecule has 1 amide bonds. The van der Waals surface area contributed by atoms with Crippen LogP contribution < -0.4 is 0 Å². The second kappa shape index (κ2) is 6.06. The van der Waals surface area contributed by atoms with Crippen LogP contribution >= 0.6 is 15.9 Å². The second-order valence-corrected chi connectivity index (χ2v) is 6.22. The Morgan fingerprint density at radius 1 is 1.32 bits per heavy atom. The van der Waals surface area contributed by atoms with Crippen molar-refractivity contribution in [2.75, 3.05) is 27.2 Å². The number of nitrogens with zero attached hydrogens (tertiary/aromatic N) is 2. The third-order valence-electron chi connectivity index (χ3n) is 3.90. The second-order valence-electron chi connectivity index (χ2n) is 5.42. The molecule has 0 spiro atoms. The van der Waals surface area contributed by atoms with Gasteiger partial charge in [-0.2, -0.15) is 0 Å². The Morgan fingerprint density at radius 2 is 1.95 bits per heavy atom. The van der Waals surface area contributed by atoms with Crippen LogP contribution in [0.4, 0.5) is 0 Å². The molecule has 1 aliphatic heterocycles. The fourth-order valence-corrected chi connectivity index (χ4v) is 3.00. The van der Waals surface area contributed by atoms with Crippen molar-refractivity contribution in [1.82, 2.24) is 9.80 Å².